The molecule has 1 aromatic rings. The summed E-state index contributed by atoms with van der Waals surface area (Å²) in [5.74, 6) is 0. The van der Waals surface area contributed by atoms with Crippen molar-refractivity contribution in [2.24, 2.45) is 0 Å². The average molecular weight is 288 g/mol. The third-order valence-corrected chi connectivity index (χ3v) is 3.37. The lowest BCUT2D eigenvalue weighted by atomic mass is 10.1. The molecule has 0 bridgehead atoms. The quantitative estimate of drug-likeness (QED) is 0.755. The van der Waals surface area contributed by atoms with Crippen LogP contribution in [0.3, 0.4) is 0 Å². The van der Waals surface area contributed by atoms with Crippen LogP contribution in [-0.2, 0) is 6.18 Å². The van der Waals surface area contributed by atoms with Crippen LogP contribution in [0, 0.1) is 0 Å². The maximum atomic E-state index is 12.8. The lowest BCUT2D eigenvalue weighted by Crippen LogP contribution is -2.27. The Balaban J connectivity index is 2.40. The molecule has 0 aromatic heterocycles. The van der Waals surface area contributed by atoms with E-state index in [9.17, 15) is 13.2 Å². The van der Waals surface area contributed by atoms with Crippen LogP contribution < -0.4 is 5.32 Å². The summed E-state index contributed by atoms with van der Waals surface area (Å²) in [7, 11) is 2.05. The van der Waals surface area contributed by atoms with Crippen LogP contribution in [-0.4, -0.2) is 31.1 Å². The minimum Gasteiger partial charge on any atom is -0.385 e. The molecule has 0 aliphatic heterocycles. The van der Waals surface area contributed by atoms with Gasteiger partial charge in [-0.1, -0.05) is 12.1 Å². The van der Waals surface area contributed by atoms with E-state index in [0.29, 0.717) is 12.6 Å². The molecular formula is C15H23F3N2. The predicted octanol–water partition coefficient (Wildman–Crippen LogP) is 4.24. The van der Waals surface area contributed by atoms with Gasteiger partial charge in [0.05, 0.1) is 5.56 Å². The van der Waals surface area contributed by atoms with Crippen molar-refractivity contribution >= 4 is 5.69 Å². The maximum absolute atomic E-state index is 12.8. The number of unbranched alkanes of at least 4 members (excludes halogenated alkanes) is 1. The van der Waals surface area contributed by atoms with E-state index >= 15 is 0 Å². The van der Waals surface area contributed by atoms with Crippen molar-refractivity contribution in [2.45, 2.75) is 38.9 Å². The van der Waals surface area contributed by atoms with E-state index in [1.54, 1.807) is 6.07 Å². The summed E-state index contributed by atoms with van der Waals surface area (Å²) in [6, 6.07) is 6.10. The molecular weight excluding hydrogens is 265 g/mol. The highest BCUT2D eigenvalue weighted by atomic mass is 19.4. The van der Waals surface area contributed by atoms with Crippen LogP contribution in [0.15, 0.2) is 24.3 Å². The van der Waals surface area contributed by atoms with Crippen LogP contribution in [0.4, 0.5) is 18.9 Å². The molecule has 0 fully saturated rings. The van der Waals surface area contributed by atoms with Gasteiger partial charge in [-0.15, -0.1) is 0 Å². The van der Waals surface area contributed by atoms with Gasteiger partial charge in [0.15, 0.2) is 0 Å². The zero-order valence-corrected chi connectivity index (χ0v) is 12.3. The highest BCUT2D eigenvalue weighted by Crippen LogP contribution is 2.34. The first-order chi connectivity index (χ1) is 9.32. The van der Waals surface area contributed by atoms with Gasteiger partial charge >= 0.3 is 6.18 Å². The molecule has 0 amide bonds. The highest BCUT2D eigenvalue weighted by Gasteiger charge is 2.32. The van der Waals surface area contributed by atoms with E-state index in [4.69, 9.17) is 0 Å². The van der Waals surface area contributed by atoms with Gasteiger partial charge in [0.1, 0.15) is 0 Å². The minimum absolute atomic E-state index is 0.164. The third kappa shape index (κ3) is 5.41. The number of anilines is 1. The Kier molecular flexibility index (Phi) is 6.33. The molecule has 5 heteroatoms. The first kappa shape index (κ1) is 16.8. The molecule has 0 radical (unpaired) electrons. The van der Waals surface area contributed by atoms with Crippen LogP contribution in [0.5, 0.6) is 0 Å². The summed E-state index contributed by atoms with van der Waals surface area (Å²) in [6.45, 7) is 5.76. The van der Waals surface area contributed by atoms with Crippen LogP contribution in [0.25, 0.3) is 0 Å². The number of halogens is 3. The summed E-state index contributed by atoms with van der Waals surface area (Å²) in [4.78, 5) is 2.23. The van der Waals surface area contributed by atoms with Gasteiger partial charge < -0.3 is 10.2 Å². The number of hydrogen-bond acceptors (Lipinski definition) is 2. The lowest BCUT2D eigenvalue weighted by molar-refractivity contribution is -0.136. The summed E-state index contributed by atoms with van der Waals surface area (Å²) >= 11 is 0. The van der Waals surface area contributed by atoms with Crippen molar-refractivity contribution < 1.29 is 13.2 Å². The maximum Gasteiger partial charge on any atom is 0.418 e. The molecule has 1 N–H and O–H groups in total. The molecule has 0 saturated heterocycles. The van der Waals surface area contributed by atoms with Crippen LogP contribution in [0.2, 0.25) is 0 Å². The lowest BCUT2D eigenvalue weighted by Gasteiger charge is -2.20. The first-order valence-electron chi connectivity index (χ1n) is 6.92. The Hall–Kier alpha value is -1.23. The fourth-order valence-electron chi connectivity index (χ4n) is 1.85. The first-order valence-corrected chi connectivity index (χ1v) is 6.92. The number of rotatable bonds is 7. The third-order valence-electron chi connectivity index (χ3n) is 3.37. The van der Waals surface area contributed by atoms with E-state index in [1.165, 1.54) is 12.1 Å². The summed E-state index contributed by atoms with van der Waals surface area (Å²) in [5.41, 5.74) is -0.434. The summed E-state index contributed by atoms with van der Waals surface area (Å²) in [5, 5.41) is 2.88. The van der Waals surface area contributed by atoms with Gasteiger partial charge in [-0.3, -0.25) is 0 Å². The average Bonchev–Trinajstić information content (AvgIpc) is 2.37. The van der Waals surface area contributed by atoms with E-state index in [0.717, 1.165) is 25.5 Å². The van der Waals surface area contributed by atoms with E-state index in [2.05, 4.69) is 31.1 Å². The van der Waals surface area contributed by atoms with E-state index < -0.39 is 11.7 Å². The van der Waals surface area contributed by atoms with E-state index in [1.807, 2.05) is 0 Å². The molecule has 1 aromatic carbocycles. The van der Waals surface area contributed by atoms with Gasteiger partial charge in [0.25, 0.3) is 0 Å². The fourth-order valence-corrected chi connectivity index (χ4v) is 1.85. The van der Waals surface area contributed by atoms with Crippen molar-refractivity contribution in [1.82, 2.24) is 4.90 Å². The summed E-state index contributed by atoms with van der Waals surface area (Å²) in [6.07, 6.45) is -2.49. The number of alkyl halides is 3. The Labute approximate surface area is 119 Å². The summed E-state index contributed by atoms with van der Waals surface area (Å²) < 4.78 is 38.3. The molecule has 114 valence electrons. The zero-order valence-electron chi connectivity index (χ0n) is 12.3. The van der Waals surface area contributed by atoms with Gasteiger partial charge in [0, 0.05) is 18.3 Å². The van der Waals surface area contributed by atoms with E-state index in [-0.39, 0.29) is 5.69 Å². The van der Waals surface area contributed by atoms with Gasteiger partial charge in [-0.05, 0) is 52.4 Å². The number of nitrogens with zero attached hydrogens (tertiary/aromatic N) is 1. The van der Waals surface area contributed by atoms with Crippen molar-refractivity contribution in [3.63, 3.8) is 0 Å². The van der Waals surface area contributed by atoms with Crippen LogP contribution in [0.1, 0.15) is 32.3 Å². The number of para-hydroxylation sites is 1. The Morgan fingerprint density at radius 2 is 1.80 bits per heavy atom. The fraction of sp³-hybridized carbons (Fsp3) is 0.600. The van der Waals surface area contributed by atoms with Gasteiger partial charge in [0.2, 0.25) is 0 Å². The molecule has 0 aliphatic carbocycles. The Bertz CT molecular complexity index is 402. The molecule has 2 nitrogen and oxygen atoms in total. The highest BCUT2D eigenvalue weighted by molar-refractivity contribution is 5.52. The smallest absolute Gasteiger partial charge is 0.385 e. The number of benzene rings is 1. The van der Waals surface area contributed by atoms with Crippen molar-refractivity contribution in [1.29, 1.82) is 0 Å². The normalized spacial score (nSPS) is 12.2. The van der Waals surface area contributed by atoms with Gasteiger partial charge in [-0.2, -0.15) is 13.2 Å². The minimum atomic E-state index is -4.30. The molecule has 0 aliphatic rings. The molecule has 20 heavy (non-hydrogen) atoms. The number of hydrogen-bond donors (Lipinski definition) is 1. The second-order valence-electron chi connectivity index (χ2n) is 5.25. The molecule has 1 rings (SSSR count). The monoisotopic (exact) mass is 288 g/mol. The van der Waals surface area contributed by atoms with Crippen molar-refractivity contribution in [3.05, 3.63) is 29.8 Å². The molecule has 0 heterocycles. The topological polar surface area (TPSA) is 15.3 Å². The SMILES string of the molecule is CC(C)N(C)CCCCNc1ccccc1C(F)(F)F. The zero-order chi connectivity index (χ0) is 15.2. The van der Waals surface area contributed by atoms with Crippen molar-refractivity contribution in [3.8, 4) is 0 Å². The molecule has 0 atom stereocenters. The largest absolute Gasteiger partial charge is 0.418 e. The molecule has 0 unspecified atom stereocenters. The number of nitrogens with one attached hydrogen (secondary N) is 1. The van der Waals surface area contributed by atoms with Gasteiger partial charge in [-0.25, -0.2) is 0 Å². The molecule has 0 saturated carbocycles. The predicted molar refractivity (Wildman–Crippen MR) is 76.9 cm³/mol. The standard InChI is InChI=1S/C15H23F3N2/c1-12(2)20(3)11-7-6-10-19-14-9-5-4-8-13(14)15(16,17)18/h4-5,8-9,12,19H,6-7,10-11H2,1-3H3. The second kappa shape index (κ2) is 7.53. The second-order valence-corrected chi connectivity index (χ2v) is 5.25. The Morgan fingerprint density at radius 3 is 2.40 bits per heavy atom. The Morgan fingerprint density at radius 1 is 1.15 bits per heavy atom. The molecule has 0 spiro atoms. The van der Waals surface area contributed by atoms with Crippen LogP contribution >= 0.6 is 0 Å². The van der Waals surface area contributed by atoms with Crippen molar-refractivity contribution in [2.75, 3.05) is 25.5 Å².